The number of aromatic carboxylic acids is 1. The molecule has 0 unspecified atom stereocenters. The summed E-state index contributed by atoms with van der Waals surface area (Å²) < 4.78 is 0.698. The Labute approximate surface area is 127 Å². The van der Waals surface area contributed by atoms with E-state index in [9.17, 15) is 4.79 Å². The highest BCUT2D eigenvalue weighted by atomic mass is 79.9. The van der Waals surface area contributed by atoms with Gasteiger partial charge in [-0.3, -0.25) is 0 Å². The van der Waals surface area contributed by atoms with Crippen LogP contribution in [0, 0.1) is 0 Å². The standard InChI is InChI=1S/C12H7BrCl2N2O2/c13-7-2-4-8(11(15)10(7)14)17-6-1-3-9(12(18)19)16-5-6/h1-5,17H,(H,18,19). The molecule has 4 nitrogen and oxygen atoms in total. The summed E-state index contributed by atoms with van der Waals surface area (Å²) in [6.07, 6.45) is 1.41. The maximum absolute atomic E-state index is 10.7. The molecule has 2 rings (SSSR count). The molecule has 1 aromatic heterocycles. The van der Waals surface area contributed by atoms with Crippen molar-refractivity contribution in [3.63, 3.8) is 0 Å². The molecule has 1 heterocycles. The van der Waals surface area contributed by atoms with Crippen LogP contribution in [0.5, 0.6) is 0 Å². The van der Waals surface area contributed by atoms with E-state index in [0.717, 1.165) is 0 Å². The van der Waals surface area contributed by atoms with Crippen molar-refractivity contribution >= 4 is 56.5 Å². The molecule has 0 radical (unpaired) electrons. The molecule has 0 aliphatic rings. The monoisotopic (exact) mass is 360 g/mol. The molecular weight excluding hydrogens is 355 g/mol. The number of benzene rings is 1. The number of carbonyl (C=O) groups is 1. The summed E-state index contributed by atoms with van der Waals surface area (Å²) in [5.41, 5.74) is 1.20. The van der Waals surface area contributed by atoms with Gasteiger partial charge >= 0.3 is 5.97 Å². The third-order valence-electron chi connectivity index (χ3n) is 2.30. The van der Waals surface area contributed by atoms with E-state index in [1.54, 1.807) is 18.2 Å². The quantitative estimate of drug-likeness (QED) is 0.784. The van der Waals surface area contributed by atoms with Crippen LogP contribution in [0.1, 0.15) is 10.5 Å². The molecular formula is C12H7BrCl2N2O2. The van der Waals surface area contributed by atoms with Gasteiger partial charge in [0.2, 0.25) is 0 Å². The molecule has 0 bridgehead atoms. The Balaban J connectivity index is 2.26. The van der Waals surface area contributed by atoms with E-state index >= 15 is 0 Å². The van der Waals surface area contributed by atoms with Crippen molar-refractivity contribution in [3.05, 3.63) is 50.7 Å². The molecule has 0 atom stereocenters. The van der Waals surface area contributed by atoms with Crippen LogP contribution >= 0.6 is 39.1 Å². The Hall–Kier alpha value is -1.30. The van der Waals surface area contributed by atoms with E-state index in [2.05, 4.69) is 26.2 Å². The van der Waals surface area contributed by atoms with Crippen molar-refractivity contribution in [2.45, 2.75) is 0 Å². The van der Waals surface area contributed by atoms with Crippen molar-refractivity contribution in [3.8, 4) is 0 Å². The fourth-order valence-electron chi connectivity index (χ4n) is 1.37. The van der Waals surface area contributed by atoms with Gasteiger partial charge in [0.25, 0.3) is 0 Å². The van der Waals surface area contributed by atoms with Crippen molar-refractivity contribution in [2.24, 2.45) is 0 Å². The predicted molar refractivity (Wildman–Crippen MR) is 78.6 cm³/mol. The number of aromatic nitrogens is 1. The van der Waals surface area contributed by atoms with E-state index in [-0.39, 0.29) is 5.69 Å². The number of carboxylic acid groups (broad SMARTS) is 1. The fraction of sp³-hybridized carbons (Fsp3) is 0. The molecule has 1 aromatic carbocycles. The summed E-state index contributed by atoms with van der Waals surface area (Å²) in [6, 6.07) is 6.51. The summed E-state index contributed by atoms with van der Waals surface area (Å²) in [5.74, 6) is -1.07. The van der Waals surface area contributed by atoms with Crippen molar-refractivity contribution < 1.29 is 9.90 Å². The molecule has 0 saturated heterocycles. The summed E-state index contributed by atoms with van der Waals surface area (Å²) in [7, 11) is 0. The first kappa shape index (κ1) is 14.1. The lowest BCUT2D eigenvalue weighted by atomic mass is 10.3. The largest absolute Gasteiger partial charge is 0.477 e. The number of pyridine rings is 1. The fourth-order valence-corrected chi connectivity index (χ4v) is 2.19. The van der Waals surface area contributed by atoms with E-state index < -0.39 is 5.97 Å². The third kappa shape index (κ3) is 3.18. The first-order chi connectivity index (χ1) is 8.99. The third-order valence-corrected chi connectivity index (χ3v) is 4.07. The maximum atomic E-state index is 10.7. The zero-order chi connectivity index (χ0) is 14.0. The van der Waals surface area contributed by atoms with E-state index in [4.69, 9.17) is 28.3 Å². The zero-order valence-corrected chi connectivity index (χ0v) is 12.4. The van der Waals surface area contributed by atoms with E-state index in [1.807, 2.05) is 0 Å². The number of halogens is 3. The van der Waals surface area contributed by atoms with Gasteiger partial charge in [0.05, 0.1) is 27.6 Å². The molecule has 7 heteroatoms. The van der Waals surface area contributed by atoms with Crippen LogP contribution in [0.2, 0.25) is 10.0 Å². The van der Waals surface area contributed by atoms with Crippen LogP contribution in [0.3, 0.4) is 0 Å². The van der Waals surface area contributed by atoms with Gasteiger partial charge in [0.1, 0.15) is 5.69 Å². The van der Waals surface area contributed by atoms with E-state index in [1.165, 1.54) is 12.3 Å². The Kier molecular flexibility index (Phi) is 4.29. The highest BCUT2D eigenvalue weighted by Crippen LogP contribution is 2.36. The first-order valence-electron chi connectivity index (χ1n) is 5.09. The second-order valence-electron chi connectivity index (χ2n) is 3.59. The smallest absolute Gasteiger partial charge is 0.354 e. The van der Waals surface area contributed by atoms with E-state index in [0.29, 0.717) is 25.9 Å². The van der Waals surface area contributed by atoms with Gasteiger partial charge in [-0.1, -0.05) is 23.2 Å². The highest BCUT2D eigenvalue weighted by Gasteiger charge is 2.09. The number of carboxylic acids is 1. The molecule has 19 heavy (non-hydrogen) atoms. The lowest BCUT2D eigenvalue weighted by Gasteiger charge is -2.10. The summed E-state index contributed by atoms with van der Waals surface area (Å²) >= 11 is 15.4. The Morgan fingerprint density at radius 3 is 2.53 bits per heavy atom. The van der Waals surface area contributed by atoms with Gasteiger partial charge in [-0.25, -0.2) is 9.78 Å². The topological polar surface area (TPSA) is 62.2 Å². The number of nitrogens with one attached hydrogen (secondary N) is 1. The maximum Gasteiger partial charge on any atom is 0.354 e. The molecule has 98 valence electrons. The van der Waals surface area contributed by atoms with Crippen LogP contribution in [0.4, 0.5) is 11.4 Å². The summed E-state index contributed by atoms with van der Waals surface area (Å²) in [4.78, 5) is 14.5. The predicted octanol–water partition coefficient (Wildman–Crippen LogP) is 4.59. The van der Waals surface area contributed by atoms with Crippen LogP contribution in [-0.2, 0) is 0 Å². The second kappa shape index (κ2) is 5.77. The molecule has 0 aliphatic heterocycles. The van der Waals surface area contributed by atoms with Crippen molar-refractivity contribution in [1.82, 2.24) is 4.98 Å². The van der Waals surface area contributed by atoms with Gasteiger partial charge in [-0.15, -0.1) is 0 Å². The summed E-state index contributed by atoms with van der Waals surface area (Å²) in [5, 5.41) is 12.5. The first-order valence-corrected chi connectivity index (χ1v) is 6.64. The number of hydrogen-bond acceptors (Lipinski definition) is 3. The van der Waals surface area contributed by atoms with Crippen molar-refractivity contribution in [2.75, 3.05) is 5.32 Å². The van der Waals surface area contributed by atoms with Gasteiger partial charge in [-0.05, 0) is 40.2 Å². The Bertz CT molecular complexity index is 632. The zero-order valence-electron chi connectivity index (χ0n) is 9.32. The molecule has 0 spiro atoms. The molecule has 2 aromatic rings. The average molecular weight is 362 g/mol. The molecule has 2 N–H and O–H groups in total. The Morgan fingerprint density at radius 1 is 1.21 bits per heavy atom. The normalized spacial score (nSPS) is 10.3. The average Bonchev–Trinajstić information content (AvgIpc) is 2.40. The Morgan fingerprint density at radius 2 is 1.95 bits per heavy atom. The van der Waals surface area contributed by atoms with Gasteiger partial charge in [-0.2, -0.15) is 0 Å². The lowest BCUT2D eigenvalue weighted by molar-refractivity contribution is 0.0690. The number of hydrogen-bond donors (Lipinski definition) is 2. The van der Waals surface area contributed by atoms with Crippen molar-refractivity contribution in [1.29, 1.82) is 0 Å². The lowest BCUT2D eigenvalue weighted by Crippen LogP contribution is -2.00. The number of anilines is 2. The van der Waals surface area contributed by atoms with Gasteiger partial charge < -0.3 is 10.4 Å². The molecule has 0 saturated carbocycles. The molecule has 0 fully saturated rings. The van der Waals surface area contributed by atoms with Gasteiger partial charge in [0, 0.05) is 4.47 Å². The highest BCUT2D eigenvalue weighted by molar-refractivity contribution is 9.10. The number of nitrogens with zero attached hydrogens (tertiary/aromatic N) is 1. The SMILES string of the molecule is O=C(O)c1ccc(Nc2ccc(Br)c(Cl)c2Cl)cn1. The van der Waals surface area contributed by atoms with Crippen LogP contribution < -0.4 is 5.32 Å². The second-order valence-corrected chi connectivity index (χ2v) is 5.20. The minimum atomic E-state index is -1.07. The van der Waals surface area contributed by atoms with Crippen LogP contribution in [0.15, 0.2) is 34.9 Å². The van der Waals surface area contributed by atoms with Crippen LogP contribution in [-0.4, -0.2) is 16.1 Å². The minimum Gasteiger partial charge on any atom is -0.477 e. The summed E-state index contributed by atoms with van der Waals surface area (Å²) in [6.45, 7) is 0. The molecule has 0 aliphatic carbocycles. The van der Waals surface area contributed by atoms with Gasteiger partial charge in [0.15, 0.2) is 0 Å². The molecule has 0 amide bonds. The number of rotatable bonds is 3. The minimum absolute atomic E-state index is 0.0227. The van der Waals surface area contributed by atoms with Crippen LogP contribution in [0.25, 0.3) is 0 Å².